The van der Waals surface area contributed by atoms with Crippen LogP contribution in [0.5, 0.6) is 5.75 Å². The van der Waals surface area contributed by atoms with E-state index in [1.807, 2.05) is 4.90 Å². The number of hydrogen-bond acceptors (Lipinski definition) is 6. The van der Waals surface area contributed by atoms with E-state index in [0.717, 1.165) is 0 Å². The molecular formula is C25H22F4N6O2. The molecule has 8 nitrogen and oxygen atoms in total. The van der Waals surface area contributed by atoms with E-state index in [9.17, 15) is 22.4 Å². The van der Waals surface area contributed by atoms with Crippen LogP contribution >= 0.6 is 0 Å². The number of benzene rings is 2. The summed E-state index contributed by atoms with van der Waals surface area (Å²) in [5.74, 6) is -0.283. The molecule has 1 saturated heterocycles. The normalized spacial score (nSPS) is 14.2. The Balaban J connectivity index is 1.29. The number of rotatable bonds is 6. The highest BCUT2D eigenvalue weighted by Gasteiger charge is 2.31. The van der Waals surface area contributed by atoms with Gasteiger partial charge in [0.2, 0.25) is 5.91 Å². The van der Waals surface area contributed by atoms with Crippen molar-refractivity contribution in [3.63, 3.8) is 0 Å². The molecule has 1 amide bonds. The van der Waals surface area contributed by atoms with Gasteiger partial charge in [0.15, 0.2) is 5.65 Å². The zero-order valence-electron chi connectivity index (χ0n) is 19.5. The molecule has 12 heteroatoms. The quantitative estimate of drug-likeness (QED) is 0.389. The minimum atomic E-state index is -4.79. The van der Waals surface area contributed by atoms with Gasteiger partial charge in [-0.3, -0.25) is 14.2 Å². The third kappa shape index (κ3) is 5.42. The molecule has 4 aromatic rings. The maximum Gasteiger partial charge on any atom is 0.573 e. The van der Waals surface area contributed by atoms with Crippen LogP contribution in [0.1, 0.15) is 0 Å². The summed E-state index contributed by atoms with van der Waals surface area (Å²) >= 11 is 0. The number of halogens is 4. The topological polar surface area (TPSA) is 75.0 Å². The average Bonchev–Trinajstić information content (AvgIpc) is 3.26. The lowest BCUT2D eigenvalue weighted by Crippen LogP contribution is -2.50. The smallest absolute Gasteiger partial charge is 0.406 e. The minimum Gasteiger partial charge on any atom is -0.406 e. The van der Waals surface area contributed by atoms with Gasteiger partial charge < -0.3 is 19.9 Å². The number of nitrogens with zero attached hydrogens (tertiary/aromatic N) is 5. The first-order valence-electron chi connectivity index (χ1n) is 11.5. The molecule has 0 aliphatic carbocycles. The lowest BCUT2D eigenvalue weighted by atomic mass is 10.1. The molecule has 5 rings (SSSR count). The predicted molar refractivity (Wildman–Crippen MR) is 129 cm³/mol. The lowest BCUT2D eigenvalue weighted by molar-refractivity contribution is -0.274. The number of fused-ring (bicyclic) bond motifs is 1. The highest BCUT2D eigenvalue weighted by molar-refractivity contribution is 5.84. The van der Waals surface area contributed by atoms with Crippen LogP contribution in [0.2, 0.25) is 0 Å². The van der Waals surface area contributed by atoms with Crippen molar-refractivity contribution in [1.82, 2.24) is 19.3 Å². The molecule has 2 aromatic carbocycles. The number of para-hydroxylation sites is 1. The summed E-state index contributed by atoms with van der Waals surface area (Å²) in [5.41, 5.74) is 2.00. The number of nitrogens with one attached hydrogen (secondary N) is 1. The van der Waals surface area contributed by atoms with Crippen LogP contribution in [0.4, 0.5) is 29.1 Å². The fraction of sp³-hybridized carbons (Fsp3) is 0.240. The third-order valence-electron chi connectivity index (χ3n) is 6.02. The monoisotopic (exact) mass is 514 g/mol. The summed E-state index contributed by atoms with van der Waals surface area (Å²) in [5, 5.41) is 3.13. The molecule has 0 atom stereocenters. The number of piperazine rings is 1. The van der Waals surface area contributed by atoms with Crippen molar-refractivity contribution in [3.8, 4) is 17.0 Å². The Kier molecular flexibility index (Phi) is 6.55. The van der Waals surface area contributed by atoms with E-state index in [-0.39, 0.29) is 24.0 Å². The molecule has 192 valence electrons. The standard InChI is InChI=1S/C25H22F4N6O2/c26-19-3-1-2-4-20(19)33-11-13-34(14-12-33)22(36)16-31-24-23(32-21-15-30-9-10-35(21)24)17-5-7-18(8-6-17)37-25(27,28)29/h1-10,15,31H,11-14,16H2. The van der Waals surface area contributed by atoms with E-state index >= 15 is 0 Å². The summed E-state index contributed by atoms with van der Waals surface area (Å²) < 4.78 is 57.3. The van der Waals surface area contributed by atoms with Gasteiger partial charge in [-0.15, -0.1) is 13.2 Å². The van der Waals surface area contributed by atoms with E-state index in [1.54, 1.807) is 46.1 Å². The Morgan fingerprint density at radius 2 is 1.76 bits per heavy atom. The Labute approximate surface area is 209 Å². The molecule has 3 heterocycles. The highest BCUT2D eigenvalue weighted by atomic mass is 19.4. The lowest BCUT2D eigenvalue weighted by Gasteiger charge is -2.36. The molecule has 37 heavy (non-hydrogen) atoms. The maximum absolute atomic E-state index is 14.1. The van der Waals surface area contributed by atoms with Crippen molar-refractivity contribution in [3.05, 3.63) is 72.9 Å². The number of hydrogen-bond donors (Lipinski definition) is 1. The molecule has 0 spiro atoms. The van der Waals surface area contributed by atoms with Crippen LogP contribution in [0.15, 0.2) is 67.1 Å². The van der Waals surface area contributed by atoms with Gasteiger partial charge in [0.05, 0.1) is 18.4 Å². The van der Waals surface area contributed by atoms with Gasteiger partial charge in [0.1, 0.15) is 23.1 Å². The number of amides is 1. The Bertz CT molecular complexity index is 1400. The average molecular weight is 514 g/mol. The SMILES string of the molecule is O=C(CNc1c(-c2ccc(OC(F)(F)F)cc2)nc2cnccn12)N1CCN(c2ccccc2F)CC1. The number of anilines is 2. The molecule has 1 aliphatic rings. The van der Waals surface area contributed by atoms with Gasteiger partial charge in [-0.25, -0.2) is 9.37 Å². The Morgan fingerprint density at radius 1 is 1.03 bits per heavy atom. The number of carbonyl (C=O) groups excluding carboxylic acids is 1. The molecule has 1 aliphatic heterocycles. The van der Waals surface area contributed by atoms with Gasteiger partial charge >= 0.3 is 6.36 Å². The predicted octanol–water partition coefficient (Wildman–Crippen LogP) is 4.19. The van der Waals surface area contributed by atoms with Crippen molar-refractivity contribution >= 4 is 23.1 Å². The van der Waals surface area contributed by atoms with Crippen LogP contribution in [-0.4, -0.2) is 64.3 Å². The summed E-state index contributed by atoms with van der Waals surface area (Å²) in [6.07, 6.45) is -0.00964. The molecule has 0 radical (unpaired) electrons. The van der Waals surface area contributed by atoms with Gasteiger partial charge in [0, 0.05) is 44.1 Å². The van der Waals surface area contributed by atoms with Crippen molar-refractivity contribution in [1.29, 1.82) is 0 Å². The molecule has 0 bridgehead atoms. The van der Waals surface area contributed by atoms with Crippen molar-refractivity contribution in [2.75, 3.05) is 42.9 Å². The van der Waals surface area contributed by atoms with Crippen LogP contribution in [0, 0.1) is 5.82 Å². The van der Waals surface area contributed by atoms with Gasteiger partial charge in [0.25, 0.3) is 0 Å². The second-order valence-corrected chi connectivity index (χ2v) is 8.36. The Morgan fingerprint density at radius 3 is 2.46 bits per heavy atom. The molecule has 0 unspecified atom stereocenters. The number of carbonyl (C=O) groups is 1. The van der Waals surface area contributed by atoms with E-state index < -0.39 is 6.36 Å². The summed E-state index contributed by atoms with van der Waals surface area (Å²) in [6, 6.07) is 11.9. The summed E-state index contributed by atoms with van der Waals surface area (Å²) in [4.78, 5) is 25.2. The number of alkyl halides is 3. The van der Waals surface area contributed by atoms with Crippen LogP contribution < -0.4 is 15.0 Å². The molecular weight excluding hydrogens is 492 g/mol. The van der Waals surface area contributed by atoms with Crippen LogP contribution in [0.25, 0.3) is 16.9 Å². The van der Waals surface area contributed by atoms with Gasteiger partial charge in [-0.2, -0.15) is 0 Å². The van der Waals surface area contributed by atoms with Crippen molar-refractivity contribution in [2.45, 2.75) is 6.36 Å². The van der Waals surface area contributed by atoms with Crippen LogP contribution in [0.3, 0.4) is 0 Å². The number of ether oxygens (including phenoxy) is 1. The fourth-order valence-corrected chi connectivity index (χ4v) is 4.27. The van der Waals surface area contributed by atoms with Crippen molar-refractivity contribution < 1.29 is 27.1 Å². The van der Waals surface area contributed by atoms with Gasteiger partial charge in [-0.05, 0) is 36.4 Å². The zero-order chi connectivity index (χ0) is 26.0. The first-order valence-corrected chi connectivity index (χ1v) is 11.5. The van der Waals surface area contributed by atoms with Gasteiger partial charge in [-0.1, -0.05) is 12.1 Å². The van der Waals surface area contributed by atoms with Crippen molar-refractivity contribution in [2.24, 2.45) is 0 Å². The van der Waals surface area contributed by atoms with E-state index in [1.165, 1.54) is 30.3 Å². The fourth-order valence-electron chi connectivity index (χ4n) is 4.27. The van der Waals surface area contributed by atoms with E-state index in [0.29, 0.717) is 54.6 Å². The molecule has 2 aromatic heterocycles. The zero-order valence-corrected chi connectivity index (χ0v) is 19.5. The number of imidazole rings is 1. The maximum atomic E-state index is 14.1. The second kappa shape index (κ2) is 9.96. The Hall–Kier alpha value is -4.35. The minimum absolute atomic E-state index is 0.0297. The van der Waals surface area contributed by atoms with E-state index in [4.69, 9.17) is 0 Å². The summed E-state index contributed by atoms with van der Waals surface area (Å²) in [7, 11) is 0. The highest BCUT2D eigenvalue weighted by Crippen LogP contribution is 2.31. The number of aromatic nitrogens is 3. The third-order valence-corrected chi connectivity index (χ3v) is 6.02. The molecule has 1 fully saturated rings. The molecule has 1 N–H and O–H groups in total. The van der Waals surface area contributed by atoms with Crippen LogP contribution in [-0.2, 0) is 4.79 Å². The summed E-state index contributed by atoms with van der Waals surface area (Å²) in [6.45, 7) is 1.87. The molecule has 0 saturated carbocycles. The first kappa shape index (κ1) is 24.3. The van der Waals surface area contributed by atoms with E-state index in [2.05, 4.69) is 20.0 Å². The first-order chi connectivity index (χ1) is 17.8. The second-order valence-electron chi connectivity index (χ2n) is 8.36. The largest absolute Gasteiger partial charge is 0.573 e.